The molecule has 1 aromatic heterocycles. The van der Waals surface area contributed by atoms with Crippen molar-refractivity contribution in [1.82, 2.24) is 9.55 Å². The molecule has 19 heavy (non-hydrogen) atoms. The van der Waals surface area contributed by atoms with Crippen molar-refractivity contribution >= 4 is 5.97 Å². The summed E-state index contributed by atoms with van der Waals surface area (Å²) in [5, 5.41) is 0. The molecule has 0 aliphatic carbocycles. The van der Waals surface area contributed by atoms with Crippen LogP contribution in [0.15, 0.2) is 47.7 Å². The predicted molar refractivity (Wildman–Crippen MR) is 69.8 cm³/mol. The molecule has 2 rings (SSSR count). The van der Waals surface area contributed by atoms with Crippen LogP contribution in [0.3, 0.4) is 0 Å². The lowest BCUT2D eigenvalue weighted by Crippen LogP contribution is -2.20. The molecule has 98 valence electrons. The van der Waals surface area contributed by atoms with E-state index in [9.17, 15) is 9.59 Å². The summed E-state index contributed by atoms with van der Waals surface area (Å²) in [7, 11) is 1.36. The second-order valence-electron chi connectivity index (χ2n) is 4.07. The highest BCUT2D eigenvalue weighted by Gasteiger charge is 2.08. The van der Waals surface area contributed by atoms with E-state index in [0.717, 1.165) is 11.1 Å². The van der Waals surface area contributed by atoms with Crippen LogP contribution in [0.25, 0.3) is 0 Å². The zero-order valence-electron chi connectivity index (χ0n) is 10.6. The van der Waals surface area contributed by atoms with E-state index in [-0.39, 0.29) is 17.9 Å². The van der Waals surface area contributed by atoms with E-state index in [0.29, 0.717) is 6.54 Å². The molecule has 2 aromatic rings. The average Bonchev–Trinajstić information content (AvgIpc) is 2.43. The van der Waals surface area contributed by atoms with Crippen molar-refractivity contribution in [3.05, 3.63) is 64.3 Å². The molecule has 0 aliphatic rings. The molecule has 5 heteroatoms. The van der Waals surface area contributed by atoms with Gasteiger partial charge in [0.15, 0.2) is 0 Å². The molecule has 0 spiro atoms. The topological polar surface area (TPSA) is 61.2 Å². The highest BCUT2D eigenvalue weighted by molar-refractivity contribution is 5.72. The molecule has 5 nitrogen and oxygen atoms in total. The summed E-state index contributed by atoms with van der Waals surface area (Å²) in [5.41, 5.74) is 1.64. The molecular weight excluding hydrogens is 244 g/mol. The van der Waals surface area contributed by atoms with Gasteiger partial charge in [-0.2, -0.15) is 0 Å². The Bertz CT molecular complexity index is 634. The van der Waals surface area contributed by atoms with E-state index in [1.165, 1.54) is 30.3 Å². The van der Waals surface area contributed by atoms with Crippen molar-refractivity contribution in [1.29, 1.82) is 0 Å². The van der Waals surface area contributed by atoms with Crippen molar-refractivity contribution in [2.75, 3.05) is 7.11 Å². The van der Waals surface area contributed by atoms with Gasteiger partial charge in [-0.3, -0.25) is 14.2 Å². The summed E-state index contributed by atoms with van der Waals surface area (Å²) >= 11 is 0. The van der Waals surface area contributed by atoms with E-state index in [4.69, 9.17) is 0 Å². The first-order valence-corrected chi connectivity index (χ1v) is 5.85. The van der Waals surface area contributed by atoms with E-state index < -0.39 is 0 Å². The molecule has 0 N–H and O–H groups in total. The number of hydrogen-bond donors (Lipinski definition) is 0. The normalized spacial score (nSPS) is 10.2. The van der Waals surface area contributed by atoms with Gasteiger partial charge < -0.3 is 4.74 Å². The second kappa shape index (κ2) is 5.95. The van der Waals surface area contributed by atoms with Crippen LogP contribution in [0.2, 0.25) is 0 Å². The number of rotatable bonds is 4. The molecule has 0 saturated carbocycles. The van der Waals surface area contributed by atoms with E-state index in [2.05, 4.69) is 9.72 Å². The standard InChI is InChI=1S/C14H14N2O3/c1-19-14(18)8-11-4-2-3-5-12(11)9-16-10-15-7-6-13(16)17/h2-7,10H,8-9H2,1H3. The lowest BCUT2D eigenvalue weighted by molar-refractivity contribution is -0.139. The summed E-state index contributed by atoms with van der Waals surface area (Å²) in [6, 6.07) is 8.87. The Hall–Kier alpha value is -2.43. The van der Waals surface area contributed by atoms with Gasteiger partial charge in [-0.25, -0.2) is 4.98 Å². The second-order valence-corrected chi connectivity index (χ2v) is 4.07. The highest BCUT2D eigenvalue weighted by Crippen LogP contribution is 2.11. The Labute approximate surface area is 110 Å². The smallest absolute Gasteiger partial charge is 0.309 e. The molecule has 0 saturated heterocycles. The lowest BCUT2D eigenvalue weighted by Gasteiger charge is -2.09. The fraction of sp³-hybridized carbons (Fsp3) is 0.214. The van der Waals surface area contributed by atoms with Gasteiger partial charge in [0, 0.05) is 12.3 Å². The van der Waals surface area contributed by atoms with Gasteiger partial charge in [0.05, 0.1) is 26.4 Å². The monoisotopic (exact) mass is 258 g/mol. The van der Waals surface area contributed by atoms with Crippen molar-refractivity contribution < 1.29 is 9.53 Å². The number of hydrogen-bond acceptors (Lipinski definition) is 4. The summed E-state index contributed by atoms with van der Waals surface area (Å²) in [6.45, 7) is 0.389. The minimum absolute atomic E-state index is 0.122. The Kier molecular flexibility index (Phi) is 4.07. The quantitative estimate of drug-likeness (QED) is 0.768. The Morgan fingerprint density at radius 2 is 2.00 bits per heavy atom. The molecule has 0 amide bonds. The first-order valence-electron chi connectivity index (χ1n) is 5.85. The summed E-state index contributed by atoms with van der Waals surface area (Å²) in [6.07, 6.45) is 3.14. The first-order chi connectivity index (χ1) is 9.20. The third-order valence-corrected chi connectivity index (χ3v) is 2.81. The van der Waals surface area contributed by atoms with Gasteiger partial charge in [0.25, 0.3) is 5.56 Å². The van der Waals surface area contributed by atoms with Crippen LogP contribution in [-0.4, -0.2) is 22.6 Å². The van der Waals surface area contributed by atoms with E-state index >= 15 is 0 Å². The number of aromatic nitrogens is 2. The van der Waals surface area contributed by atoms with Gasteiger partial charge >= 0.3 is 5.97 Å². The lowest BCUT2D eigenvalue weighted by atomic mass is 10.0. The number of carbonyl (C=O) groups excluding carboxylic acids is 1. The highest BCUT2D eigenvalue weighted by atomic mass is 16.5. The van der Waals surface area contributed by atoms with Crippen molar-refractivity contribution in [3.8, 4) is 0 Å². The van der Waals surface area contributed by atoms with Crippen LogP contribution in [-0.2, 0) is 22.5 Å². The fourth-order valence-corrected chi connectivity index (χ4v) is 1.79. The fourth-order valence-electron chi connectivity index (χ4n) is 1.79. The SMILES string of the molecule is COC(=O)Cc1ccccc1Cn1cnccc1=O. The van der Waals surface area contributed by atoms with Crippen LogP contribution in [0.1, 0.15) is 11.1 Å². The largest absolute Gasteiger partial charge is 0.469 e. The zero-order valence-corrected chi connectivity index (χ0v) is 10.6. The minimum Gasteiger partial charge on any atom is -0.469 e. The summed E-state index contributed by atoms with van der Waals surface area (Å²) in [4.78, 5) is 26.9. The van der Waals surface area contributed by atoms with Gasteiger partial charge in [0.1, 0.15) is 0 Å². The molecule has 0 atom stereocenters. The maximum absolute atomic E-state index is 11.6. The third-order valence-electron chi connectivity index (χ3n) is 2.81. The molecule has 1 aromatic carbocycles. The van der Waals surface area contributed by atoms with Crippen LogP contribution in [0.4, 0.5) is 0 Å². The van der Waals surface area contributed by atoms with Crippen LogP contribution >= 0.6 is 0 Å². The average molecular weight is 258 g/mol. The maximum Gasteiger partial charge on any atom is 0.309 e. The number of carbonyl (C=O) groups is 1. The number of ether oxygens (including phenoxy) is 1. The van der Waals surface area contributed by atoms with Gasteiger partial charge in [-0.1, -0.05) is 24.3 Å². The predicted octanol–water partition coefficient (Wildman–Crippen LogP) is 1.01. The van der Waals surface area contributed by atoms with Crippen LogP contribution < -0.4 is 5.56 Å². The molecule has 0 fully saturated rings. The molecular formula is C14H14N2O3. The van der Waals surface area contributed by atoms with E-state index in [1.54, 1.807) is 0 Å². The number of benzene rings is 1. The number of nitrogens with zero attached hydrogens (tertiary/aromatic N) is 2. The Balaban J connectivity index is 2.28. The van der Waals surface area contributed by atoms with Crippen molar-refractivity contribution in [3.63, 3.8) is 0 Å². The van der Waals surface area contributed by atoms with Crippen LogP contribution in [0, 0.1) is 0 Å². The molecule has 0 aliphatic heterocycles. The zero-order chi connectivity index (χ0) is 13.7. The third kappa shape index (κ3) is 3.28. The number of methoxy groups -OCH3 is 1. The van der Waals surface area contributed by atoms with Crippen LogP contribution in [0.5, 0.6) is 0 Å². The van der Waals surface area contributed by atoms with Gasteiger partial charge in [-0.15, -0.1) is 0 Å². The molecule has 1 heterocycles. The summed E-state index contributed by atoms with van der Waals surface area (Å²) < 4.78 is 6.16. The van der Waals surface area contributed by atoms with Crippen molar-refractivity contribution in [2.24, 2.45) is 0 Å². The minimum atomic E-state index is -0.300. The molecule has 0 bridgehead atoms. The Morgan fingerprint density at radius 1 is 1.26 bits per heavy atom. The molecule has 0 radical (unpaired) electrons. The Morgan fingerprint density at radius 3 is 2.68 bits per heavy atom. The summed E-state index contributed by atoms with van der Waals surface area (Å²) in [5.74, 6) is -0.300. The maximum atomic E-state index is 11.6. The number of esters is 1. The molecule has 0 unspecified atom stereocenters. The van der Waals surface area contributed by atoms with Gasteiger partial charge in [-0.05, 0) is 11.1 Å². The van der Waals surface area contributed by atoms with Gasteiger partial charge in [0.2, 0.25) is 0 Å². The first kappa shape index (κ1) is 13.0. The van der Waals surface area contributed by atoms with E-state index in [1.807, 2.05) is 24.3 Å². The van der Waals surface area contributed by atoms with Crippen molar-refractivity contribution in [2.45, 2.75) is 13.0 Å².